The number of Topliss-reactive ketones (excluding diaryl/α,β-unsaturated/α-hetero) is 1. The maximum absolute atomic E-state index is 12.8. The third-order valence-electron chi connectivity index (χ3n) is 2.28. The average Bonchev–Trinajstić information content (AvgIpc) is 2.69. The number of hydrogen-bond acceptors (Lipinski definition) is 2. The molecule has 1 unspecified atom stereocenters. The summed E-state index contributed by atoms with van der Waals surface area (Å²) in [6.45, 7) is 0. The zero-order chi connectivity index (χ0) is 13.3. The highest BCUT2D eigenvalue weighted by molar-refractivity contribution is 9.13. The molecule has 0 amide bonds. The molecule has 1 aromatic heterocycles. The molecule has 0 saturated carbocycles. The van der Waals surface area contributed by atoms with E-state index in [-0.39, 0.29) is 11.6 Å². The second kappa shape index (κ2) is 5.82. The molecule has 94 valence electrons. The van der Waals surface area contributed by atoms with E-state index in [1.165, 1.54) is 35.6 Å². The first kappa shape index (κ1) is 14.2. The van der Waals surface area contributed by atoms with E-state index in [1.54, 1.807) is 6.07 Å². The second-order valence-electron chi connectivity index (χ2n) is 3.51. The molecule has 0 aliphatic carbocycles. The maximum atomic E-state index is 12.8. The summed E-state index contributed by atoms with van der Waals surface area (Å²) < 4.78 is 14.5. The molecule has 18 heavy (non-hydrogen) atoms. The molecule has 0 fully saturated rings. The van der Waals surface area contributed by atoms with Crippen LogP contribution >= 0.6 is 54.8 Å². The SMILES string of the molecule is O=C(c1cc(Br)c(Br)s1)C(Cl)c1ccc(F)cc1. The Balaban J connectivity index is 2.26. The Morgan fingerprint density at radius 2 is 1.89 bits per heavy atom. The van der Waals surface area contributed by atoms with Crippen LogP contribution in [-0.2, 0) is 0 Å². The van der Waals surface area contributed by atoms with Crippen molar-refractivity contribution >= 4 is 60.6 Å². The van der Waals surface area contributed by atoms with Crippen molar-refractivity contribution in [2.45, 2.75) is 5.38 Å². The van der Waals surface area contributed by atoms with E-state index in [2.05, 4.69) is 31.9 Å². The Morgan fingerprint density at radius 1 is 1.28 bits per heavy atom. The van der Waals surface area contributed by atoms with Crippen LogP contribution in [0, 0.1) is 5.82 Å². The molecule has 0 saturated heterocycles. The molecule has 1 atom stereocenters. The van der Waals surface area contributed by atoms with Crippen molar-refractivity contribution in [1.82, 2.24) is 0 Å². The number of halogens is 4. The van der Waals surface area contributed by atoms with Gasteiger partial charge in [-0.15, -0.1) is 22.9 Å². The number of ketones is 1. The molecule has 1 nitrogen and oxygen atoms in total. The van der Waals surface area contributed by atoms with Crippen molar-refractivity contribution < 1.29 is 9.18 Å². The minimum Gasteiger partial charge on any atom is -0.291 e. The number of rotatable bonds is 3. The molecular formula is C12H6Br2ClFOS. The summed E-state index contributed by atoms with van der Waals surface area (Å²) in [5, 5.41) is -0.803. The van der Waals surface area contributed by atoms with Gasteiger partial charge in [-0.25, -0.2) is 4.39 Å². The molecule has 1 heterocycles. The van der Waals surface area contributed by atoms with Gasteiger partial charge in [0.25, 0.3) is 0 Å². The van der Waals surface area contributed by atoms with E-state index in [4.69, 9.17) is 11.6 Å². The Morgan fingerprint density at radius 3 is 2.39 bits per heavy atom. The van der Waals surface area contributed by atoms with E-state index in [0.29, 0.717) is 10.4 Å². The summed E-state index contributed by atoms with van der Waals surface area (Å²) in [5.74, 6) is -0.545. The standard InChI is InChI=1S/C12H6Br2ClFOS/c13-8-5-9(18-12(8)14)11(17)10(15)6-1-3-7(16)4-2-6/h1-5,10H. The van der Waals surface area contributed by atoms with Gasteiger partial charge in [0.05, 0.1) is 8.66 Å². The summed E-state index contributed by atoms with van der Waals surface area (Å²) >= 11 is 14.1. The maximum Gasteiger partial charge on any atom is 0.195 e. The summed E-state index contributed by atoms with van der Waals surface area (Å²) in [6.07, 6.45) is 0. The third-order valence-corrected chi connectivity index (χ3v) is 6.00. The second-order valence-corrected chi connectivity index (χ2v) is 7.17. The molecule has 2 rings (SSSR count). The van der Waals surface area contributed by atoms with Gasteiger partial charge < -0.3 is 0 Å². The van der Waals surface area contributed by atoms with Crippen LogP contribution in [0.25, 0.3) is 0 Å². The van der Waals surface area contributed by atoms with Crippen molar-refractivity contribution in [2.75, 3.05) is 0 Å². The fraction of sp³-hybridized carbons (Fsp3) is 0.0833. The average molecular weight is 413 g/mol. The van der Waals surface area contributed by atoms with Gasteiger partial charge in [-0.2, -0.15) is 0 Å². The Bertz CT molecular complexity index is 563. The van der Waals surface area contributed by atoms with Gasteiger partial charge >= 0.3 is 0 Å². The molecule has 2 aromatic rings. The van der Waals surface area contributed by atoms with Gasteiger partial charge in [0.15, 0.2) is 5.78 Å². The Kier molecular flexibility index (Phi) is 4.59. The number of carbonyl (C=O) groups is 1. The van der Waals surface area contributed by atoms with Crippen molar-refractivity contribution in [2.24, 2.45) is 0 Å². The lowest BCUT2D eigenvalue weighted by Gasteiger charge is -2.07. The normalized spacial score (nSPS) is 12.4. The van der Waals surface area contributed by atoms with Crippen molar-refractivity contribution in [3.63, 3.8) is 0 Å². The van der Waals surface area contributed by atoms with Crippen molar-refractivity contribution in [1.29, 1.82) is 0 Å². The number of alkyl halides is 1. The van der Waals surface area contributed by atoms with Crippen molar-refractivity contribution in [3.8, 4) is 0 Å². The lowest BCUT2D eigenvalue weighted by molar-refractivity contribution is 0.0991. The molecule has 6 heteroatoms. The highest BCUT2D eigenvalue weighted by Gasteiger charge is 2.22. The van der Waals surface area contributed by atoms with Crippen LogP contribution < -0.4 is 0 Å². The number of thiophene rings is 1. The van der Waals surface area contributed by atoms with E-state index in [0.717, 1.165) is 8.26 Å². The zero-order valence-corrected chi connectivity index (χ0v) is 13.5. The minimum atomic E-state index is -0.803. The van der Waals surface area contributed by atoms with Crippen LogP contribution in [0.1, 0.15) is 20.6 Å². The molecule has 0 spiro atoms. The van der Waals surface area contributed by atoms with E-state index in [1.807, 2.05) is 0 Å². The molecule has 0 aliphatic rings. The minimum absolute atomic E-state index is 0.195. The lowest BCUT2D eigenvalue weighted by Crippen LogP contribution is -2.05. The van der Waals surface area contributed by atoms with Crippen LogP contribution in [0.3, 0.4) is 0 Å². The van der Waals surface area contributed by atoms with Gasteiger partial charge in [0.1, 0.15) is 11.2 Å². The smallest absolute Gasteiger partial charge is 0.195 e. The first-order valence-corrected chi connectivity index (χ1v) is 7.71. The van der Waals surface area contributed by atoms with Crippen molar-refractivity contribution in [3.05, 3.63) is 54.8 Å². The number of benzene rings is 1. The van der Waals surface area contributed by atoms with Crippen LogP contribution in [0.2, 0.25) is 0 Å². The van der Waals surface area contributed by atoms with Gasteiger partial charge in [0.2, 0.25) is 0 Å². The number of carbonyl (C=O) groups excluding carboxylic acids is 1. The number of hydrogen-bond donors (Lipinski definition) is 0. The fourth-order valence-electron chi connectivity index (χ4n) is 1.38. The largest absolute Gasteiger partial charge is 0.291 e. The molecule has 0 radical (unpaired) electrons. The lowest BCUT2D eigenvalue weighted by atomic mass is 10.1. The Labute approximate surface area is 129 Å². The Hall–Kier alpha value is -0.230. The molecule has 0 N–H and O–H groups in total. The first-order valence-electron chi connectivity index (χ1n) is 4.87. The van der Waals surface area contributed by atoms with Crippen LogP contribution in [0.15, 0.2) is 38.6 Å². The van der Waals surface area contributed by atoms with E-state index in [9.17, 15) is 9.18 Å². The van der Waals surface area contributed by atoms with Gasteiger partial charge in [-0.3, -0.25) is 4.79 Å². The van der Waals surface area contributed by atoms with Gasteiger partial charge in [-0.1, -0.05) is 12.1 Å². The first-order chi connectivity index (χ1) is 8.49. The molecule has 0 bridgehead atoms. The molecular weight excluding hydrogens is 406 g/mol. The fourth-order valence-corrected chi connectivity index (χ4v) is 3.71. The predicted molar refractivity (Wildman–Crippen MR) is 79.0 cm³/mol. The quantitative estimate of drug-likeness (QED) is 0.475. The van der Waals surface area contributed by atoms with Crippen LogP contribution in [-0.4, -0.2) is 5.78 Å². The topological polar surface area (TPSA) is 17.1 Å². The monoisotopic (exact) mass is 410 g/mol. The molecule has 0 aliphatic heterocycles. The summed E-state index contributed by atoms with van der Waals surface area (Å²) in [7, 11) is 0. The highest BCUT2D eigenvalue weighted by atomic mass is 79.9. The summed E-state index contributed by atoms with van der Waals surface area (Å²) in [4.78, 5) is 12.7. The summed E-state index contributed by atoms with van der Waals surface area (Å²) in [6, 6.07) is 7.33. The van der Waals surface area contributed by atoms with E-state index >= 15 is 0 Å². The predicted octanol–water partition coefficient (Wildman–Crippen LogP) is 5.58. The van der Waals surface area contributed by atoms with Gasteiger partial charge in [0, 0.05) is 4.47 Å². The van der Waals surface area contributed by atoms with Crippen LogP contribution in [0.4, 0.5) is 4.39 Å². The highest BCUT2D eigenvalue weighted by Crippen LogP contribution is 2.36. The van der Waals surface area contributed by atoms with E-state index < -0.39 is 5.38 Å². The third kappa shape index (κ3) is 3.02. The summed E-state index contributed by atoms with van der Waals surface area (Å²) in [5.41, 5.74) is 0.587. The van der Waals surface area contributed by atoms with Gasteiger partial charge in [-0.05, 0) is 55.6 Å². The zero-order valence-electron chi connectivity index (χ0n) is 8.79. The molecule has 1 aromatic carbocycles. The van der Waals surface area contributed by atoms with Crippen LogP contribution in [0.5, 0.6) is 0 Å².